The zero-order chi connectivity index (χ0) is 11.7. The van der Waals surface area contributed by atoms with Gasteiger partial charge in [-0.2, -0.15) is 0 Å². The molecule has 2 nitrogen and oxygen atoms in total. The van der Waals surface area contributed by atoms with E-state index in [4.69, 9.17) is 0 Å². The molecule has 2 aliphatic rings. The van der Waals surface area contributed by atoms with E-state index in [1.54, 1.807) is 0 Å². The van der Waals surface area contributed by atoms with Gasteiger partial charge in [0.1, 0.15) is 0 Å². The summed E-state index contributed by atoms with van der Waals surface area (Å²) in [6, 6.07) is 10.2. The fraction of sp³-hybridized carbons (Fsp3) is 0.571. The van der Waals surface area contributed by atoms with Crippen molar-refractivity contribution in [1.29, 1.82) is 0 Å². The highest BCUT2D eigenvalue weighted by atomic mass is 79.9. The maximum Gasteiger partial charge on any atom is 0.0377 e. The van der Waals surface area contributed by atoms with E-state index in [0.717, 1.165) is 12.1 Å². The van der Waals surface area contributed by atoms with Gasteiger partial charge in [0.25, 0.3) is 0 Å². The van der Waals surface area contributed by atoms with Crippen molar-refractivity contribution in [2.24, 2.45) is 0 Å². The lowest BCUT2D eigenvalue weighted by atomic mass is 10.0. The molecule has 1 N–H and O–H groups in total. The first kappa shape index (κ1) is 11.5. The Hall–Kier alpha value is -0.540. The number of hydrogen-bond donors (Lipinski definition) is 1. The zero-order valence-electron chi connectivity index (χ0n) is 10.0. The second-order valence-electron chi connectivity index (χ2n) is 5.18. The van der Waals surface area contributed by atoms with Gasteiger partial charge in [0.15, 0.2) is 0 Å². The number of halogens is 1. The molecule has 1 aliphatic heterocycles. The summed E-state index contributed by atoms with van der Waals surface area (Å²) >= 11 is 3.54. The molecule has 0 radical (unpaired) electrons. The second-order valence-corrected chi connectivity index (χ2v) is 6.10. The molecule has 0 atom stereocenters. The molecular formula is C14H19BrN2. The third kappa shape index (κ3) is 3.02. The summed E-state index contributed by atoms with van der Waals surface area (Å²) in [4.78, 5) is 2.50. The van der Waals surface area contributed by atoms with Crippen LogP contribution in [0.1, 0.15) is 25.7 Å². The van der Waals surface area contributed by atoms with E-state index in [9.17, 15) is 0 Å². The summed E-state index contributed by atoms with van der Waals surface area (Å²) in [6.07, 6.45) is 5.35. The maximum absolute atomic E-state index is 3.74. The van der Waals surface area contributed by atoms with Crippen molar-refractivity contribution in [3.05, 3.63) is 28.7 Å². The minimum absolute atomic E-state index is 0.755. The van der Waals surface area contributed by atoms with E-state index in [1.807, 2.05) is 0 Å². The number of hydrogen-bond acceptors (Lipinski definition) is 2. The van der Waals surface area contributed by atoms with Gasteiger partial charge in [-0.05, 0) is 43.9 Å². The minimum atomic E-state index is 0.755. The normalized spacial score (nSPS) is 21.8. The standard InChI is InChI=1S/C14H19BrN2/c15-11-2-1-3-14(10-11)17-8-6-13(7-9-17)16-12-4-5-12/h1-3,10,12-13,16H,4-9H2. The molecule has 17 heavy (non-hydrogen) atoms. The topological polar surface area (TPSA) is 15.3 Å². The summed E-state index contributed by atoms with van der Waals surface area (Å²) < 4.78 is 1.17. The highest BCUT2D eigenvalue weighted by Gasteiger charge is 2.27. The molecule has 0 unspecified atom stereocenters. The van der Waals surface area contributed by atoms with Gasteiger partial charge in [0.2, 0.25) is 0 Å². The average molecular weight is 295 g/mol. The Kier molecular flexibility index (Phi) is 3.39. The van der Waals surface area contributed by atoms with E-state index in [-0.39, 0.29) is 0 Å². The Bertz CT molecular complexity index is 382. The summed E-state index contributed by atoms with van der Waals surface area (Å²) in [7, 11) is 0. The summed E-state index contributed by atoms with van der Waals surface area (Å²) in [5, 5.41) is 3.74. The Morgan fingerprint density at radius 1 is 1.06 bits per heavy atom. The Labute approximate surface area is 112 Å². The van der Waals surface area contributed by atoms with Gasteiger partial charge < -0.3 is 10.2 Å². The van der Waals surface area contributed by atoms with Crippen molar-refractivity contribution in [2.45, 2.75) is 37.8 Å². The smallest absolute Gasteiger partial charge is 0.0377 e. The molecule has 0 spiro atoms. The SMILES string of the molecule is Brc1cccc(N2CCC(NC3CC3)CC2)c1. The molecule has 3 rings (SSSR count). The van der Waals surface area contributed by atoms with Crippen molar-refractivity contribution in [1.82, 2.24) is 5.32 Å². The van der Waals surface area contributed by atoms with E-state index < -0.39 is 0 Å². The first-order chi connectivity index (χ1) is 8.31. The molecule has 0 amide bonds. The lowest BCUT2D eigenvalue weighted by Gasteiger charge is -2.34. The van der Waals surface area contributed by atoms with Crippen LogP contribution in [0.15, 0.2) is 28.7 Å². The van der Waals surface area contributed by atoms with Crippen LogP contribution in [0.4, 0.5) is 5.69 Å². The van der Waals surface area contributed by atoms with Gasteiger partial charge in [-0.1, -0.05) is 22.0 Å². The molecule has 2 fully saturated rings. The highest BCUT2D eigenvalue weighted by Crippen LogP contribution is 2.25. The van der Waals surface area contributed by atoms with Crippen LogP contribution in [0.2, 0.25) is 0 Å². The van der Waals surface area contributed by atoms with E-state index in [0.29, 0.717) is 0 Å². The molecule has 0 bridgehead atoms. The van der Waals surface area contributed by atoms with Crippen LogP contribution in [0.5, 0.6) is 0 Å². The van der Waals surface area contributed by atoms with Gasteiger partial charge in [-0.3, -0.25) is 0 Å². The predicted octanol–water partition coefficient (Wildman–Crippen LogP) is 3.17. The molecule has 1 aliphatic carbocycles. The number of benzene rings is 1. The van der Waals surface area contributed by atoms with Crippen LogP contribution < -0.4 is 10.2 Å². The van der Waals surface area contributed by atoms with E-state index in [2.05, 4.69) is 50.4 Å². The summed E-state index contributed by atoms with van der Waals surface area (Å²) in [5.41, 5.74) is 1.35. The highest BCUT2D eigenvalue weighted by molar-refractivity contribution is 9.10. The van der Waals surface area contributed by atoms with Gasteiger partial charge in [0, 0.05) is 35.3 Å². The van der Waals surface area contributed by atoms with Crippen LogP contribution in [-0.2, 0) is 0 Å². The Morgan fingerprint density at radius 2 is 1.76 bits per heavy atom. The summed E-state index contributed by atoms with van der Waals surface area (Å²) in [6.45, 7) is 2.36. The van der Waals surface area contributed by atoms with Gasteiger partial charge in [0.05, 0.1) is 0 Å². The lowest BCUT2D eigenvalue weighted by molar-refractivity contribution is 0.413. The number of anilines is 1. The van der Waals surface area contributed by atoms with Crippen LogP contribution in [-0.4, -0.2) is 25.2 Å². The first-order valence-corrected chi connectivity index (χ1v) is 7.37. The van der Waals surface area contributed by atoms with Crippen LogP contribution >= 0.6 is 15.9 Å². The second kappa shape index (κ2) is 4.99. The molecule has 1 saturated heterocycles. The van der Waals surface area contributed by atoms with Crippen LogP contribution in [0, 0.1) is 0 Å². The van der Waals surface area contributed by atoms with Crippen molar-refractivity contribution >= 4 is 21.6 Å². The van der Waals surface area contributed by atoms with Crippen LogP contribution in [0.3, 0.4) is 0 Å². The fourth-order valence-corrected chi connectivity index (χ4v) is 2.95. The number of piperidine rings is 1. The van der Waals surface area contributed by atoms with Crippen LogP contribution in [0.25, 0.3) is 0 Å². The molecule has 1 aromatic carbocycles. The lowest BCUT2D eigenvalue weighted by Crippen LogP contribution is -2.43. The number of nitrogens with one attached hydrogen (secondary N) is 1. The van der Waals surface area contributed by atoms with Crippen molar-refractivity contribution in [3.8, 4) is 0 Å². The minimum Gasteiger partial charge on any atom is -0.371 e. The Balaban J connectivity index is 1.56. The summed E-state index contributed by atoms with van der Waals surface area (Å²) in [5.74, 6) is 0. The maximum atomic E-state index is 3.74. The van der Waals surface area contributed by atoms with Gasteiger partial charge >= 0.3 is 0 Å². The van der Waals surface area contributed by atoms with Gasteiger partial charge in [-0.25, -0.2) is 0 Å². The molecular weight excluding hydrogens is 276 g/mol. The fourth-order valence-electron chi connectivity index (χ4n) is 2.56. The largest absolute Gasteiger partial charge is 0.371 e. The number of rotatable bonds is 3. The van der Waals surface area contributed by atoms with Crippen molar-refractivity contribution in [3.63, 3.8) is 0 Å². The van der Waals surface area contributed by atoms with Crippen molar-refractivity contribution in [2.75, 3.05) is 18.0 Å². The van der Waals surface area contributed by atoms with E-state index >= 15 is 0 Å². The van der Waals surface area contributed by atoms with E-state index in [1.165, 1.54) is 48.9 Å². The van der Waals surface area contributed by atoms with Gasteiger partial charge in [-0.15, -0.1) is 0 Å². The van der Waals surface area contributed by atoms with Crippen molar-refractivity contribution < 1.29 is 0 Å². The molecule has 1 saturated carbocycles. The Morgan fingerprint density at radius 3 is 2.41 bits per heavy atom. The monoisotopic (exact) mass is 294 g/mol. The predicted molar refractivity (Wildman–Crippen MR) is 75.5 cm³/mol. The number of nitrogens with zero attached hydrogens (tertiary/aromatic N) is 1. The average Bonchev–Trinajstić information content (AvgIpc) is 3.14. The molecule has 3 heteroatoms. The third-order valence-electron chi connectivity index (χ3n) is 3.72. The third-order valence-corrected chi connectivity index (χ3v) is 4.21. The zero-order valence-corrected chi connectivity index (χ0v) is 11.6. The molecule has 1 aromatic rings. The molecule has 92 valence electrons. The first-order valence-electron chi connectivity index (χ1n) is 6.58. The molecule has 0 aromatic heterocycles. The molecule has 1 heterocycles. The quantitative estimate of drug-likeness (QED) is 0.921.